The number of nitrogens with zero attached hydrogens (tertiary/aromatic N) is 1. The Hall–Kier alpha value is -0.250. The van der Waals surface area contributed by atoms with Crippen LogP contribution in [-0.4, -0.2) is 29.3 Å². The topological polar surface area (TPSA) is 20.3 Å². The maximum Gasteiger partial charge on any atom is 0.255 e. The van der Waals surface area contributed by atoms with Gasteiger partial charge >= 0.3 is 0 Å². The molecular formula is C15H18BrCl2NO. The van der Waals surface area contributed by atoms with E-state index in [1.54, 1.807) is 18.2 Å². The molecule has 0 aromatic heterocycles. The van der Waals surface area contributed by atoms with Gasteiger partial charge in [-0.25, -0.2) is 0 Å². The minimum atomic E-state index is 0.0427. The Labute approximate surface area is 138 Å². The van der Waals surface area contributed by atoms with E-state index in [0.717, 1.165) is 17.3 Å². The van der Waals surface area contributed by atoms with E-state index in [0.29, 0.717) is 29.1 Å². The van der Waals surface area contributed by atoms with E-state index in [9.17, 15) is 4.79 Å². The molecule has 110 valence electrons. The van der Waals surface area contributed by atoms with E-state index in [1.165, 1.54) is 19.3 Å². The Balaban J connectivity index is 2.21. The molecule has 2 nitrogen and oxygen atoms in total. The van der Waals surface area contributed by atoms with Crippen LogP contribution in [0.1, 0.15) is 42.5 Å². The number of alkyl halides is 1. The number of hydrogen-bond donors (Lipinski definition) is 0. The van der Waals surface area contributed by atoms with Crippen LogP contribution in [0.25, 0.3) is 0 Å². The number of rotatable bonds is 4. The zero-order valence-electron chi connectivity index (χ0n) is 11.2. The van der Waals surface area contributed by atoms with Gasteiger partial charge in [0.05, 0.1) is 5.56 Å². The number of amides is 1. The lowest BCUT2D eigenvalue weighted by molar-refractivity contribution is 0.0649. The van der Waals surface area contributed by atoms with Crippen LogP contribution >= 0.6 is 39.1 Å². The fourth-order valence-corrected chi connectivity index (χ4v) is 3.79. The van der Waals surface area contributed by atoms with Crippen LogP contribution in [0.2, 0.25) is 5.02 Å². The molecule has 2 rings (SSSR count). The van der Waals surface area contributed by atoms with Crippen molar-refractivity contribution in [2.45, 2.75) is 38.1 Å². The molecular weight excluding hydrogens is 361 g/mol. The van der Waals surface area contributed by atoms with Gasteiger partial charge in [-0.15, -0.1) is 11.6 Å². The van der Waals surface area contributed by atoms with Gasteiger partial charge in [-0.05, 0) is 47.0 Å². The molecule has 0 saturated heterocycles. The minimum absolute atomic E-state index is 0.0427. The third-order valence-electron chi connectivity index (χ3n) is 3.76. The zero-order chi connectivity index (χ0) is 14.5. The number of halogens is 3. The van der Waals surface area contributed by atoms with Gasteiger partial charge in [0, 0.05) is 28.0 Å². The summed E-state index contributed by atoms with van der Waals surface area (Å²) < 4.78 is 0.741. The second kappa shape index (κ2) is 7.67. The van der Waals surface area contributed by atoms with Gasteiger partial charge < -0.3 is 4.90 Å². The summed E-state index contributed by atoms with van der Waals surface area (Å²) in [5.41, 5.74) is 0.657. The van der Waals surface area contributed by atoms with Crippen molar-refractivity contribution in [2.24, 2.45) is 0 Å². The second-order valence-corrected chi connectivity index (χ2v) is 6.77. The van der Waals surface area contributed by atoms with Crippen molar-refractivity contribution in [3.63, 3.8) is 0 Å². The predicted molar refractivity (Wildman–Crippen MR) is 87.8 cm³/mol. The fraction of sp³-hybridized carbons (Fsp3) is 0.533. The molecule has 1 aromatic rings. The van der Waals surface area contributed by atoms with E-state index in [-0.39, 0.29) is 5.91 Å². The van der Waals surface area contributed by atoms with Gasteiger partial charge in [0.2, 0.25) is 0 Å². The van der Waals surface area contributed by atoms with Gasteiger partial charge in [0.15, 0.2) is 0 Å². The standard InChI is InChI=1S/C15H18BrCl2NO/c16-14-10-11(18)6-7-13(14)15(20)19(9-8-17)12-4-2-1-3-5-12/h6-7,10,12H,1-5,8-9H2. The number of carbonyl (C=O) groups is 1. The van der Waals surface area contributed by atoms with Crippen molar-refractivity contribution in [1.82, 2.24) is 4.90 Å². The highest BCUT2D eigenvalue weighted by Crippen LogP contribution is 2.27. The molecule has 0 heterocycles. The first-order valence-electron chi connectivity index (χ1n) is 6.95. The number of benzene rings is 1. The third kappa shape index (κ3) is 3.90. The van der Waals surface area contributed by atoms with Crippen molar-refractivity contribution >= 4 is 45.0 Å². The molecule has 1 saturated carbocycles. The molecule has 0 radical (unpaired) electrons. The van der Waals surface area contributed by atoms with E-state index in [4.69, 9.17) is 23.2 Å². The highest BCUT2D eigenvalue weighted by atomic mass is 79.9. The third-order valence-corrected chi connectivity index (χ3v) is 4.82. The molecule has 0 spiro atoms. The zero-order valence-corrected chi connectivity index (χ0v) is 14.3. The Morgan fingerprint density at radius 1 is 1.30 bits per heavy atom. The lowest BCUT2D eigenvalue weighted by atomic mass is 9.93. The highest BCUT2D eigenvalue weighted by molar-refractivity contribution is 9.10. The first-order chi connectivity index (χ1) is 9.63. The van der Waals surface area contributed by atoms with Crippen molar-refractivity contribution in [1.29, 1.82) is 0 Å². The van der Waals surface area contributed by atoms with Crippen LogP contribution in [0.3, 0.4) is 0 Å². The van der Waals surface area contributed by atoms with Crippen molar-refractivity contribution in [3.8, 4) is 0 Å². The van der Waals surface area contributed by atoms with E-state index >= 15 is 0 Å². The van der Waals surface area contributed by atoms with Crippen LogP contribution in [0.4, 0.5) is 0 Å². The lowest BCUT2D eigenvalue weighted by Gasteiger charge is -2.34. The minimum Gasteiger partial charge on any atom is -0.334 e. The molecule has 1 aromatic carbocycles. The molecule has 1 amide bonds. The summed E-state index contributed by atoms with van der Waals surface area (Å²) in [5.74, 6) is 0.508. The molecule has 0 atom stereocenters. The Kier molecular flexibility index (Phi) is 6.19. The van der Waals surface area contributed by atoms with E-state index < -0.39 is 0 Å². The maximum atomic E-state index is 12.8. The summed E-state index contributed by atoms with van der Waals surface area (Å²) in [7, 11) is 0. The molecule has 1 aliphatic carbocycles. The maximum absolute atomic E-state index is 12.8. The van der Waals surface area contributed by atoms with Gasteiger partial charge in [0.25, 0.3) is 5.91 Å². The van der Waals surface area contributed by atoms with Gasteiger partial charge in [0.1, 0.15) is 0 Å². The SMILES string of the molecule is O=C(c1ccc(Cl)cc1Br)N(CCCl)C1CCCCC1. The van der Waals surface area contributed by atoms with Crippen molar-refractivity contribution in [2.75, 3.05) is 12.4 Å². The van der Waals surface area contributed by atoms with Crippen LogP contribution in [0, 0.1) is 0 Å². The average molecular weight is 379 g/mol. The van der Waals surface area contributed by atoms with Gasteiger partial charge in [-0.1, -0.05) is 30.9 Å². The monoisotopic (exact) mass is 377 g/mol. The van der Waals surface area contributed by atoms with Gasteiger partial charge in [-0.2, -0.15) is 0 Å². The normalized spacial score (nSPS) is 16.1. The van der Waals surface area contributed by atoms with Crippen molar-refractivity contribution in [3.05, 3.63) is 33.3 Å². The average Bonchev–Trinajstić information content (AvgIpc) is 2.45. The Bertz CT molecular complexity index is 475. The molecule has 20 heavy (non-hydrogen) atoms. The molecule has 0 N–H and O–H groups in total. The molecule has 0 aliphatic heterocycles. The summed E-state index contributed by atoms with van der Waals surface area (Å²) in [6.07, 6.45) is 5.81. The van der Waals surface area contributed by atoms with E-state index in [1.807, 2.05) is 4.90 Å². The van der Waals surface area contributed by atoms with Gasteiger partial charge in [-0.3, -0.25) is 4.79 Å². The number of carbonyl (C=O) groups excluding carboxylic acids is 1. The van der Waals surface area contributed by atoms with Crippen molar-refractivity contribution < 1.29 is 4.79 Å². The molecule has 0 bridgehead atoms. The van der Waals surface area contributed by atoms with Crippen LogP contribution < -0.4 is 0 Å². The molecule has 5 heteroatoms. The van der Waals surface area contributed by atoms with Crippen LogP contribution in [0.5, 0.6) is 0 Å². The second-order valence-electron chi connectivity index (χ2n) is 5.10. The molecule has 1 fully saturated rings. The fourth-order valence-electron chi connectivity index (χ4n) is 2.75. The first kappa shape index (κ1) is 16.1. The summed E-state index contributed by atoms with van der Waals surface area (Å²) in [5, 5.41) is 0.620. The largest absolute Gasteiger partial charge is 0.334 e. The summed E-state index contributed by atoms with van der Waals surface area (Å²) >= 11 is 15.2. The lowest BCUT2D eigenvalue weighted by Crippen LogP contribution is -2.42. The summed E-state index contributed by atoms with van der Waals surface area (Å²) in [4.78, 5) is 14.7. The van der Waals surface area contributed by atoms with Crippen LogP contribution in [-0.2, 0) is 0 Å². The molecule has 1 aliphatic rings. The first-order valence-corrected chi connectivity index (χ1v) is 8.66. The smallest absolute Gasteiger partial charge is 0.255 e. The predicted octanol–water partition coefficient (Wildman–Crippen LogP) is 5.12. The van der Waals surface area contributed by atoms with Crippen LogP contribution in [0.15, 0.2) is 22.7 Å². The Morgan fingerprint density at radius 3 is 2.60 bits per heavy atom. The quantitative estimate of drug-likeness (QED) is 0.666. The summed E-state index contributed by atoms with van der Waals surface area (Å²) in [6.45, 7) is 0.597. The Morgan fingerprint density at radius 2 is 2.00 bits per heavy atom. The number of hydrogen-bond acceptors (Lipinski definition) is 1. The molecule has 0 unspecified atom stereocenters. The summed E-state index contributed by atoms with van der Waals surface area (Å²) in [6, 6.07) is 5.60. The van der Waals surface area contributed by atoms with E-state index in [2.05, 4.69) is 15.9 Å². The highest BCUT2D eigenvalue weighted by Gasteiger charge is 2.26.